The van der Waals surface area contributed by atoms with E-state index in [0.717, 1.165) is 24.8 Å². The number of halogens is 3. The zero-order valence-electron chi connectivity index (χ0n) is 10.0. The lowest BCUT2D eigenvalue weighted by molar-refractivity contribution is -0.136. The van der Waals surface area contributed by atoms with E-state index in [1.807, 2.05) is 11.4 Å². The van der Waals surface area contributed by atoms with E-state index >= 15 is 0 Å². The molecule has 0 amide bonds. The van der Waals surface area contributed by atoms with Crippen molar-refractivity contribution in [3.05, 3.63) is 21.9 Å². The van der Waals surface area contributed by atoms with Gasteiger partial charge in [0, 0.05) is 17.2 Å². The van der Waals surface area contributed by atoms with Crippen LogP contribution in [0.4, 0.5) is 13.2 Å². The highest BCUT2D eigenvalue weighted by molar-refractivity contribution is 7.10. The summed E-state index contributed by atoms with van der Waals surface area (Å²) in [6, 6.07) is 2.01. The zero-order valence-corrected chi connectivity index (χ0v) is 10.9. The Kier molecular flexibility index (Phi) is 4.33. The van der Waals surface area contributed by atoms with Crippen molar-refractivity contribution in [1.29, 1.82) is 0 Å². The van der Waals surface area contributed by atoms with Crippen LogP contribution in [-0.2, 0) is 6.42 Å². The number of hydrogen-bond acceptors (Lipinski definition) is 2. The fourth-order valence-electron chi connectivity index (χ4n) is 2.63. The number of alkyl halides is 3. The van der Waals surface area contributed by atoms with Crippen LogP contribution in [0.1, 0.15) is 48.5 Å². The van der Waals surface area contributed by atoms with Crippen LogP contribution in [0.5, 0.6) is 0 Å². The molecular weight excluding hydrogens is 261 g/mol. The standard InChI is InChI=1S/C13H17F3OS/c14-13(15,16)7-2-4-11(17)9-3-1-5-12-10(9)6-8-18-12/h6,8-9,11,17H,1-5,7H2. The maximum atomic E-state index is 12.1. The van der Waals surface area contributed by atoms with E-state index in [4.69, 9.17) is 0 Å². The van der Waals surface area contributed by atoms with Crippen molar-refractivity contribution in [1.82, 2.24) is 0 Å². The Hall–Kier alpha value is -0.550. The lowest BCUT2D eigenvalue weighted by Gasteiger charge is -2.27. The van der Waals surface area contributed by atoms with Crippen LogP contribution in [0.25, 0.3) is 0 Å². The van der Waals surface area contributed by atoms with Crippen LogP contribution in [0.2, 0.25) is 0 Å². The van der Waals surface area contributed by atoms with E-state index in [1.54, 1.807) is 11.3 Å². The molecule has 0 saturated carbocycles. The minimum Gasteiger partial charge on any atom is -0.392 e. The summed E-state index contributed by atoms with van der Waals surface area (Å²) < 4.78 is 36.2. The van der Waals surface area contributed by atoms with E-state index in [0.29, 0.717) is 0 Å². The molecule has 102 valence electrons. The number of thiophene rings is 1. The summed E-state index contributed by atoms with van der Waals surface area (Å²) in [5.74, 6) is 0.0354. The maximum absolute atomic E-state index is 12.1. The number of hydrogen-bond donors (Lipinski definition) is 1. The van der Waals surface area contributed by atoms with Crippen LogP contribution in [-0.4, -0.2) is 17.4 Å². The van der Waals surface area contributed by atoms with Crippen LogP contribution in [0, 0.1) is 0 Å². The third-order valence-electron chi connectivity index (χ3n) is 3.52. The molecule has 1 nitrogen and oxygen atoms in total. The first-order valence-electron chi connectivity index (χ1n) is 6.28. The van der Waals surface area contributed by atoms with Gasteiger partial charge in [0.15, 0.2) is 0 Å². The molecule has 0 saturated heterocycles. The largest absolute Gasteiger partial charge is 0.392 e. The fourth-order valence-corrected chi connectivity index (χ4v) is 3.63. The van der Waals surface area contributed by atoms with Crippen molar-refractivity contribution in [2.75, 3.05) is 0 Å². The minimum atomic E-state index is -4.11. The molecule has 2 rings (SSSR count). The Labute approximate surface area is 109 Å². The maximum Gasteiger partial charge on any atom is 0.389 e. The summed E-state index contributed by atoms with van der Waals surface area (Å²) in [4.78, 5) is 1.29. The van der Waals surface area contributed by atoms with Gasteiger partial charge in [-0.05, 0) is 49.1 Å². The smallest absolute Gasteiger partial charge is 0.389 e. The van der Waals surface area contributed by atoms with Gasteiger partial charge in [0.25, 0.3) is 0 Å². The average molecular weight is 278 g/mol. The topological polar surface area (TPSA) is 20.2 Å². The number of rotatable bonds is 4. The third-order valence-corrected chi connectivity index (χ3v) is 4.52. The molecule has 0 radical (unpaired) electrons. The molecule has 5 heteroatoms. The Morgan fingerprint density at radius 3 is 2.94 bits per heavy atom. The van der Waals surface area contributed by atoms with Crippen LogP contribution >= 0.6 is 11.3 Å². The molecule has 1 aromatic rings. The highest BCUT2D eigenvalue weighted by Crippen LogP contribution is 2.38. The van der Waals surface area contributed by atoms with Crippen molar-refractivity contribution in [3.63, 3.8) is 0 Å². The lowest BCUT2D eigenvalue weighted by atomic mass is 9.82. The molecule has 0 aliphatic heterocycles. The summed E-state index contributed by atoms with van der Waals surface area (Å²) in [6.07, 6.45) is -2.35. The van der Waals surface area contributed by atoms with Crippen LogP contribution < -0.4 is 0 Å². The predicted molar refractivity (Wildman–Crippen MR) is 65.9 cm³/mol. The van der Waals surface area contributed by atoms with E-state index < -0.39 is 18.7 Å². The molecule has 2 atom stereocenters. The van der Waals surface area contributed by atoms with Gasteiger partial charge in [-0.25, -0.2) is 0 Å². The summed E-state index contributed by atoms with van der Waals surface area (Å²) in [6.45, 7) is 0. The number of aliphatic hydroxyl groups excluding tert-OH is 1. The Balaban J connectivity index is 1.89. The molecule has 0 fully saturated rings. The first kappa shape index (κ1) is 13.9. The molecule has 0 spiro atoms. The van der Waals surface area contributed by atoms with Crippen LogP contribution in [0.3, 0.4) is 0 Å². The molecule has 1 N–H and O–H groups in total. The predicted octanol–water partition coefficient (Wildman–Crippen LogP) is 4.26. The SMILES string of the molecule is OC(CCCC(F)(F)F)C1CCCc2sccc21. The van der Waals surface area contributed by atoms with Crippen molar-refractivity contribution in [2.24, 2.45) is 0 Å². The highest BCUT2D eigenvalue weighted by atomic mass is 32.1. The average Bonchev–Trinajstić information content (AvgIpc) is 2.74. The normalized spacial score (nSPS) is 21.7. The van der Waals surface area contributed by atoms with Crippen molar-refractivity contribution in [3.8, 4) is 0 Å². The quantitative estimate of drug-likeness (QED) is 0.872. The molecular formula is C13H17F3OS. The van der Waals surface area contributed by atoms with Gasteiger partial charge in [-0.2, -0.15) is 13.2 Å². The third kappa shape index (κ3) is 3.48. The van der Waals surface area contributed by atoms with Crippen molar-refractivity contribution >= 4 is 11.3 Å². The molecule has 0 bridgehead atoms. The van der Waals surface area contributed by atoms with Gasteiger partial charge in [0.2, 0.25) is 0 Å². The van der Waals surface area contributed by atoms with Gasteiger partial charge >= 0.3 is 6.18 Å². The molecule has 1 aromatic heterocycles. The van der Waals surface area contributed by atoms with Gasteiger partial charge in [0.05, 0.1) is 6.10 Å². The van der Waals surface area contributed by atoms with Gasteiger partial charge in [-0.15, -0.1) is 11.3 Å². The van der Waals surface area contributed by atoms with E-state index in [9.17, 15) is 18.3 Å². The van der Waals surface area contributed by atoms with Gasteiger partial charge in [-0.3, -0.25) is 0 Å². The number of fused-ring (bicyclic) bond motifs is 1. The van der Waals surface area contributed by atoms with Gasteiger partial charge < -0.3 is 5.11 Å². The highest BCUT2D eigenvalue weighted by Gasteiger charge is 2.30. The van der Waals surface area contributed by atoms with E-state index in [-0.39, 0.29) is 18.8 Å². The van der Waals surface area contributed by atoms with Crippen molar-refractivity contribution in [2.45, 2.75) is 56.7 Å². The monoisotopic (exact) mass is 278 g/mol. The molecule has 1 heterocycles. The first-order chi connectivity index (χ1) is 8.47. The molecule has 2 unspecified atom stereocenters. The first-order valence-corrected chi connectivity index (χ1v) is 7.16. The minimum absolute atomic E-state index is 0.0145. The molecule has 0 aromatic carbocycles. The summed E-state index contributed by atoms with van der Waals surface area (Å²) >= 11 is 1.68. The number of aryl methyl sites for hydroxylation is 1. The Morgan fingerprint density at radius 1 is 1.44 bits per heavy atom. The summed E-state index contributed by atoms with van der Waals surface area (Å²) in [7, 11) is 0. The second-order valence-electron chi connectivity index (χ2n) is 4.87. The fraction of sp³-hybridized carbons (Fsp3) is 0.692. The molecule has 18 heavy (non-hydrogen) atoms. The Morgan fingerprint density at radius 2 is 2.22 bits per heavy atom. The lowest BCUT2D eigenvalue weighted by Crippen LogP contribution is -2.22. The van der Waals surface area contributed by atoms with Gasteiger partial charge in [-0.1, -0.05) is 0 Å². The molecule has 1 aliphatic carbocycles. The zero-order chi connectivity index (χ0) is 13.2. The van der Waals surface area contributed by atoms with E-state index in [2.05, 4.69) is 0 Å². The van der Waals surface area contributed by atoms with Gasteiger partial charge in [0.1, 0.15) is 0 Å². The van der Waals surface area contributed by atoms with Crippen LogP contribution in [0.15, 0.2) is 11.4 Å². The second kappa shape index (κ2) is 5.61. The summed E-state index contributed by atoms with van der Waals surface area (Å²) in [5.41, 5.74) is 1.16. The second-order valence-corrected chi connectivity index (χ2v) is 5.87. The molecule has 1 aliphatic rings. The summed E-state index contributed by atoms with van der Waals surface area (Å²) in [5, 5.41) is 12.1. The number of aliphatic hydroxyl groups is 1. The van der Waals surface area contributed by atoms with E-state index in [1.165, 1.54) is 4.88 Å². The van der Waals surface area contributed by atoms with Crippen molar-refractivity contribution < 1.29 is 18.3 Å². The Bertz CT molecular complexity index is 386.